The number of rotatable bonds is 3. The van der Waals surface area contributed by atoms with Gasteiger partial charge in [-0.25, -0.2) is 9.67 Å². The molecule has 21 heavy (non-hydrogen) atoms. The molecule has 0 fully saturated rings. The van der Waals surface area contributed by atoms with E-state index in [2.05, 4.69) is 15.4 Å². The van der Waals surface area contributed by atoms with Crippen LogP contribution in [0.5, 0.6) is 0 Å². The van der Waals surface area contributed by atoms with E-state index in [0.29, 0.717) is 16.4 Å². The summed E-state index contributed by atoms with van der Waals surface area (Å²) in [6, 6.07) is 8.44. The first-order chi connectivity index (χ1) is 10.1. The fraction of sp³-hybridized carbons (Fsp3) is 0.0714. The molecule has 3 aromatic rings. The fourth-order valence-corrected chi connectivity index (χ4v) is 2.50. The lowest BCUT2D eigenvalue weighted by atomic mass is 10.3. The van der Waals surface area contributed by atoms with Crippen molar-refractivity contribution in [1.82, 2.24) is 14.8 Å². The smallest absolute Gasteiger partial charge is 0.272 e. The van der Waals surface area contributed by atoms with Crippen molar-refractivity contribution in [3.63, 3.8) is 0 Å². The quantitative estimate of drug-likeness (QED) is 0.778. The number of hydrogen-bond donors (Lipinski definition) is 2. The molecule has 0 radical (unpaired) electrons. The standard InChI is InChI=1S/C14H12N4O2S/c1-9-7-13(19)18(17-9)12-5-4-10(8-15-12)16-14(20)11-3-2-6-21-11/h2-8,17H,1H3,(H,16,20). The van der Waals surface area contributed by atoms with Crippen LogP contribution >= 0.6 is 11.3 Å². The first-order valence-electron chi connectivity index (χ1n) is 6.23. The van der Waals surface area contributed by atoms with E-state index in [1.165, 1.54) is 28.3 Å². The molecule has 2 N–H and O–H groups in total. The SMILES string of the molecule is Cc1cc(=O)n(-c2ccc(NC(=O)c3cccs3)cn2)[nH]1. The zero-order valence-corrected chi connectivity index (χ0v) is 12.0. The van der Waals surface area contributed by atoms with Gasteiger partial charge in [-0.1, -0.05) is 6.07 Å². The molecule has 0 atom stereocenters. The van der Waals surface area contributed by atoms with Gasteiger partial charge in [-0.2, -0.15) is 0 Å². The third-order valence-electron chi connectivity index (χ3n) is 2.83. The van der Waals surface area contributed by atoms with Gasteiger partial charge >= 0.3 is 0 Å². The van der Waals surface area contributed by atoms with Crippen LogP contribution in [0.4, 0.5) is 5.69 Å². The highest BCUT2D eigenvalue weighted by atomic mass is 32.1. The van der Waals surface area contributed by atoms with Crippen LogP contribution in [0.2, 0.25) is 0 Å². The molecule has 106 valence electrons. The van der Waals surface area contributed by atoms with Crippen LogP contribution in [0.15, 0.2) is 46.7 Å². The molecule has 7 heteroatoms. The maximum Gasteiger partial charge on any atom is 0.272 e. The Morgan fingerprint density at radius 1 is 1.38 bits per heavy atom. The van der Waals surface area contributed by atoms with Gasteiger partial charge in [0.2, 0.25) is 0 Å². The number of pyridine rings is 1. The normalized spacial score (nSPS) is 10.5. The molecule has 0 spiro atoms. The molecular weight excluding hydrogens is 288 g/mol. The van der Waals surface area contributed by atoms with Gasteiger partial charge in [-0.3, -0.25) is 14.7 Å². The topological polar surface area (TPSA) is 79.8 Å². The third kappa shape index (κ3) is 2.77. The molecule has 3 heterocycles. The predicted octanol–water partition coefficient (Wildman–Crippen LogP) is 2.18. The zero-order valence-electron chi connectivity index (χ0n) is 11.2. The van der Waals surface area contributed by atoms with Gasteiger partial charge in [-0.15, -0.1) is 11.3 Å². The summed E-state index contributed by atoms with van der Waals surface area (Å²) in [5, 5.41) is 7.50. The van der Waals surface area contributed by atoms with Crippen LogP contribution in [0.25, 0.3) is 5.82 Å². The van der Waals surface area contributed by atoms with Crippen LogP contribution in [0.1, 0.15) is 15.4 Å². The van der Waals surface area contributed by atoms with E-state index < -0.39 is 0 Å². The number of amides is 1. The predicted molar refractivity (Wildman–Crippen MR) is 81.2 cm³/mol. The molecule has 0 aliphatic heterocycles. The van der Waals surface area contributed by atoms with E-state index in [0.717, 1.165) is 5.69 Å². The fourth-order valence-electron chi connectivity index (χ4n) is 1.88. The highest BCUT2D eigenvalue weighted by molar-refractivity contribution is 7.12. The van der Waals surface area contributed by atoms with E-state index in [1.54, 1.807) is 25.1 Å². The number of H-pyrrole nitrogens is 1. The van der Waals surface area contributed by atoms with E-state index >= 15 is 0 Å². The van der Waals surface area contributed by atoms with Gasteiger partial charge in [0, 0.05) is 11.8 Å². The van der Waals surface area contributed by atoms with Crippen molar-refractivity contribution < 1.29 is 4.79 Å². The van der Waals surface area contributed by atoms with Crippen molar-refractivity contribution in [1.29, 1.82) is 0 Å². The van der Waals surface area contributed by atoms with E-state index in [9.17, 15) is 9.59 Å². The number of hydrogen-bond acceptors (Lipinski definition) is 4. The molecular formula is C14H12N4O2S. The molecule has 0 saturated carbocycles. The van der Waals surface area contributed by atoms with E-state index in [-0.39, 0.29) is 11.5 Å². The summed E-state index contributed by atoms with van der Waals surface area (Å²) in [6.45, 7) is 1.80. The number of aromatic amines is 1. The van der Waals surface area contributed by atoms with Gasteiger partial charge in [0.25, 0.3) is 11.5 Å². The van der Waals surface area contributed by atoms with Gasteiger partial charge in [0.05, 0.1) is 16.8 Å². The molecule has 0 aliphatic rings. The second-order valence-corrected chi connectivity index (χ2v) is 5.40. The summed E-state index contributed by atoms with van der Waals surface area (Å²) in [5.41, 5.74) is 1.17. The Hall–Kier alpha value is -2.67. The van der Waals surface area contributed by atoms with Gasteiger partial charge in [0.15, 0.2) is 5.82 Å². The summed E-state index contributed by atoms with van der Waals surface area (Å²) in [6.07, 6.45) is 1.52. The molecule has 0 unspecified atom stereocenters. The van der Waals surface area contributed by atoms with Crippen LogP contribution < -0.4 is 10.9 Å². The number of carbonyl (C=O) groups excluding carboxylic acids is 1. The monoisotopic (exact) mass is 300 g/mol. The number of nitrogens with zero attached hydrogens (tertiary/aromatic N) is 2. The number of aromatic nitrogens is 3. The summed E-state index contributed by atoms with van der Waals surface area (Å²) < 4.78 is 1.35. The molecule has 0 aromatic carbocycles. The molecule has 6 nitrogen and oxygen atoms in total. The van der Waals surface area contributed by atoms with Gasteiger partial charge < -0.3 is 5.32 Å². The molecule has 1 amide bonds. The second kappa shape index (κ2) is 5.37. The Balaban J connectivity index is 1.80. The maximum atomic E-state index is 11.9. The van der Waals surface area contributed by atoms with Crippen molar-refractivity contribution in [2.75, 3.05) is 5.32 Å². The lowest BCUT2D eigenvalue weighted by molar-refractivity contribution is 0.103. The highest BCUT2D eigenvalue weighted by Gasteiger charge is 2.08. The first kappa shape index (κ1) is 13.3. The summed E-state index contributed by atoms with van der Waals surface area (Å²) >= 11 is 1.37. The minimum atomic E-state index is -0.174. The van der Waals surface area contributed by atoms with Crippen molar-refractivity contribution in [3.8, 4) is 5.82 Å². The summed E-state index contributed by atoms with van der Waals surface area (Å²) in [5.74, 6) is 0.301. The maximum absolute atomic E-state index is 11.9. The van der Waals surface area contributed by atoms with E-state index in [4.69, 9.17) is 0 Å². The first-order valence-corrected chi connectivity index (χ1v) is 7.11. The number of aryl methyl sites for hydroxylation is 1. The highest BCUT2D eigenvalue weighted by Crippen LogP contribution is 2.13. The molecule has 3 aromatic heterocycles. The summed E-state index contributed by atoms with van der Waals surface area (Å²) in [4.78, 5) is 28.4. The van der Waals surface area contributed by atoms with E-state index in [1.807, 2.05) is 11.4 Å². The van der Waals surface area contributed by atoms with Crippen molar-refractivity contribution >= 4 is 22.9 Å². The Bertz CT molecular complexity index is 816. The lowest BCUT2D eigenvalue weighted by Gasteiger charge is -2.05. The Labute approximate surface area is 124 Å². The molecule has 0 bridgehead atoms. The van der Waals surface area contributed by atoms with Crippen LogP contribution in [-0.2, 0) is 0 Å². The van der Waals surface area contributed by atoms with Crippen LogP contribution in [-0.4, -0.2) is 20.7 Å². The average Bonchev–Trinajstić information content (AvgIpc) is 3.09. The summed E-state index contributed by atoms with van der Waals surface area (Å²) in [7, 11) is 0. The average molecular weight is 300 g/mol. The zero-order chi connectivity index (χ0) is 14.8. The lowest BCUT2D eigenvalue weighted by Crippen LogP contribution is -2.15. The number of thiophene rings is 1. The van der Waals surface area contributed by atoms with Crippen LogP contribution in [0.3, 0.4) is 0 Å². The molecule has 3 rings (SSSR count). The Kier molecular flexibility index (Phi) is 3.41. The van der Waals surface area contributed by atoms with Crippen molar-refractivity contribution in [2.24, 2.45) is 0 Å². The van der Waals surface area contributed by atoms with Gasteiger partial charge in [0.1, 0.15) is 0 Å². The third-order valence-corrected chi connectivity index (χ3v) is 3.70. The minimum absolute atomic E-state index is 0.171. The van der Waals surface area contributed by atoms with Crippen molar-refractivity contribution in [3.05, 3.63) is 62.8 Å². The Morgan fingerprint density at radius 3 is 2.81 bits per heavy atom. The van der Waals surface area contributed by atoms with Gasteiger partial charge in [-0.05, 0) is 30.5 Å². The molecule has 0 saturated heterocycles. The number of anilines is 1. The van der Waals surface area contributed by atoms with Crippen LogP contribution in [0, 0.1) is 6.92 Å². The number of nitrogens with one attached hydrogen (secondary N) is 2. The Morgan fingerprint density at radius 2 is 2.24 bits per heavy atom. The largest absolute Gasteiger partial charge is 0.320 e. The minimum Gasteiger partial charge on any atom is -0.320 e. The number of carbonyl (C=O) groups is 1. The molecule has 0 aliphatic carbocycles. The van der Waals surface area contributed by atoms with Crippen molar-refractivity contribution in [2.45, 2.75) is 6.92 Å². The second-order valence-electron chi connectivity index (χ2n) is 4.45.